The molecule has 90 valence electrons. The molecular weight excluding hydrogens is 196 g/mol. The lowest BCUT2D eigenvalue weighted by molar-refractivity contribution is -0.137. The van der Waals surface area contributed by atoms with Gasteiger partial charge in [-0.05, 0) is 18.8 Å². The smallest absolute Gasteiger partial charge is 0.303 e. The normalized spacial score (nSPS) is 10.9. The van der Waals surface area contributed by atoms with Crippen molar-refractivity contribution in [2.24, 2.45) is 5.92 Å². The van der Waals surface area contributed by atoms with Crippen LogP contribution in [0.15, 0.2) is 0 Å². The molecule has 4 nitrogen and oxygen atoms in total. The van der Waals surface area contributed by atoms with E-state index in [4.69, 9.17) is 14.6 Å². The zero-order valence-corrected chi connectivity index (χ0v) is 9.70. The number of ether oxygens (including phenoxy) is 2. The maximum atomic E-state index is 10.2. The van der Waals surface area contributed by atoms with Gasteiger partial charge in [-0.15, -0.1) is 0 Å². The van der Waals surface area contributed by atoms with Crippen molar-refractivity contribution in [1.82, 2.24) is 0 Å². The third-order valence-corrected chi connectivity index (χ3v) is 1.75. The molecule has 0 heterocycles. The Hall–Kier alpha value is -0.610. The molecule has 0 aromatic carbocycles. The molecule has 0 spiro atoms. The summed E-state index contributed by atoms with van der Waals surface area (Å²) in [5, 5.41) is 8.38. The molecule has 0 fully saturated rings. The molecule has 0 atom stereocenters. The number of unbranched alkanes of at least 4 members (excludes halogenated alkanes) is 1. The average Bonchev–Trinajstić information content (AvgIpc) is 2.14. The van der Waals surface area contributed by atoms with E-state index < -0.39 is 5.97 Å². The van der Waals surface area contributed by atoms with E-state index in [2.05, 4.69) is 13.8 Å². The van der Waals surface area contributed by atoms with Crippen LogP contribution in [0.5, 0.6) is 0 Å². The molecule has 0 rings (SSSR count). The zero-order chi connectivity index (χ0) is 11.5. The van der Waals surface area contributed by atoms with E-state index >= 15 is 0 Å². The number of carbonyl (C=O) groups is 1. The first-order valence-corrected chi connectivity index (χ1v) is 5.50. The summed E-state index contributed by atoms with van der Waals surface area (Å²) in [6.45, 7) is 6.82. The molecule has 0 amide bonds. The largest absolute Gasteiger partial charge is 0.481 e. The average molecular weight is 218 g/mol. The highest BCUT2D eigenvalue weighted by Crippen LogP contribution is 1.96. The van der Waals surface area contributed by atoms with E-state index in [1.807, 2.05) is 0 Å². The van der Waals surface area contributed by atoms with Gasteiger partial charge in [-0.25, -0.2) is 0 Å². The second kappa shape index (κ2) is 9.93. The van der Waals surface area contributed by atoms with E-state index in [9.17, 15) is 4.79 Å². The predicted octanol–water partition coefficient (Wildman–Crippen LogP) is 1.93. The van der Waals surface area contributed by atoms with Crippen molar-refractivity contribution in [2.45, 2.75) is 33.1 Å². The molecule has 15 heavy (non-hydrogen) atoms. The highest BCUT2D eigenvalue weighted by molar-refractivity contribution is 5.66. The lowest BCUT2D eigenvalue weighted by Crippen LogP contribution is -2.09. The summed E-state index contributed by atoms with van der Waals surface area (Å²) in [5.74, 6) is -0.184. The van der Waals surface area contributed by atoms with Crippen molar-refractivity contribution in [3.05, 3.63) is 0 Å². The number of carboxylic acid groups (broad SMARTS) is 1. The highest BCUT2D eigenvalue weighted by Gasteiger charge is 1.97. The van der Waals surface area contributed by atoms with Crippen molar-refractivity contribution in [1.29, 1.82) is 0 Å². The van der Waals surface area contributed by atoms with Gasteiger partial charge in [0.05, 0.1) is 13.2 Å². The van der Waals surface area contributed by atoms with Crippen LogP contribution in [0.2, 0.25) is 0 Å². The quantitative estimate of drug-likeness (QED) is 0.569. The van der Waals surface area contributed by atoms with Crippen molar-refractivity contribution in [3.8, 4) is 0 Å². The van der Waals surface area contributed by atoms with Gasteiger partial charge in [0.2, 0.25) is 0 Å². The summed E-state index contributed by atoms with van der Waals surface area (Å²) < 4.78 is 10.6. The van der Waals surface area contributed by atoms with E-state index in [0.717, 1.165) is 13.0 Å². The zero-order valence-electron chi connectivity index (χ0n) is 9.70. The minimum Gasteiger partial charge on any atom is -0.481 e. The first kappa shape index (κ1) is 14.4. The Bertz CT molecular complexity index is 157. The third kappa shape index (κ3) is 13.4. The van der Waals surface area contributed by atoms with Gasteiger partial charge in [-0.1, -0.05) is 13.8 Å². The Morgan fingerprint density at radius 3 is 2.40 bits per heavy atom. The number of hydrogen-bond acceptors (Lipinski definition) is 3. The fraction of sp³-hybridized carbons (Fsp3) is 0.909. The summed E-state index contributed by atoms with van der Waals surface area (Å²) in [7, 11) is 0. The van der Waals surface area contributed by atoms with Crippen molar-refractivity contribution >= 4 is 5.97 Å². The molecule has 0 aliphatic heterocycles. The van der Waals surface area contributed by atoms with Gasteiger partial charge in [0, 0.05) is 19.6 Å². The molecule has 0 aromatic heterocycles. The summed E-state index contributed by atoms with van der Waals surface area (Å²) in [6.07, 6.45) is 1.71. The topological polar surface area (TPSA) is 55.8 Å². The van der Waals surface area contributed by atoms with E-state index in [1.54, 1.807) is 0 Å². The Morgan fingerprint density at radius 1 is 1.13 bits per heavy atom. The van der Waals surface area contributed by atoms with Crippen LogP contribution in [0.3, 0.4) is 0 Å². The van der Waals surface area contributed by atoms with Gasteiger partial charge in [-0.3, -0.25) is 4.79 Å². The molecule has 0 saturated carbocycles. The van der Waals surface area contributed by atoms with Gasteiger partial charge >= 0.3 is 5.97 Å². The number of carboxylic acids is 1. The highest BCUT2D eigenvalue weighted by atomic mass is 16.5. The lowest BCUT2D eigenvalue weighted by atomic mass is 10.2. The summed E-state index contributed by atoms with van der Waals surface area (Å²) in [5.41, 5.74) is 0. The lowest BCUT2D eigenvalue weighted by Gasteiger charge is -2.07. The van der Waals surface area contributed by atoms with E-state index in [1.165, 1.54) is 0 Å². The second-order valence-corrected chi connectivity index (χ2v) is 3.93. The van der Waals surface area contributed by atoms with Crippen LogP contribution in [0.4, 0.5) is 0 Å². The molecular formula is C11H22O4. The SMILES string of the molecule is CC(C)COCCOCCCCC(=O)O. The minimum atomic E-state index is -0.740. The van der Waals surface area contributed by atoms with E-state index in [-0.39, 0.29) is 6.42 Å². The fourth-order valence-corrected chi connectivity index (χ4v) is 1.02. The fourth-order valence-electron chi connectivity index (χ4n) is 1.02. The summed E-state index contributed by atoms with van der Waals surface area (Å²) in [4.78, 5) is 10.2. The standard InChI is InChI=1S/C11H22O4/c1-10(2)9-15-8-7-14-6-4-3-5-11(12)13/h10H,3-9H2,1-2H3,(H,12,13). The molecule has 1 N–H and O–H groups in total. The van der Waals surface area contributed by atoms with Crippen LogP contribution in [-0.2, 0) is 14.3 Å². The van der Waals surface area contributed by atoms with Gasteiger partial charge in [0.1, 0.15) is 0 Å². The molecule has 0 saturated heterocycles. The summed E-state index contributed by atoms with van der Waals surface area (Å²) in [6, 6.07) is 0. The predicted molar refractivity (Wildman–Crippen MR) is 58.0 cm³/mol. The maximum absolute atomic E-state index is 10.2. The van der Waals surface area contributed by atoms with Gasteiger partial charge in [0.25, 0.3) is 0 Å². The first-order valence-electron chi connectivity index (χ1n) is 5.50. The number of rotatable bonds is 10. The Kier molecular flexibility index (Phi) is 9.52. The monoisotopic (exact) mass is 218 g/mol. The minimum absolute atomic E-state index is 0.229. The van der Waals surface area contributed by atoms with Crippen LogP contribution in [0.25, 0.3) is 0 Å². The molecule has 0 aliphatic rings. The van der Waals surface area contributed by atoms with Crippen LogP contribution in [-0.4, -0.2) is 37.5 Å². The van der Waals surface area contributed by atoms with Crippen LogP contribution in [0, 0.1) is 5.92 Å². The molecule has 0 bridgehead atoms. The molecule has 0 aromatic rings. The molecule has 4 heteroatoms. The van der Waals surface area contributed by atoms with Gasteiger partial charge in [-0.2, -0.15) is 0 Å². The van der Waals surface area contributed by atoms with Gasteiger partial charge < -0.3 is 14.6 Å². The van der Waals surface area contributed by atoms with Gasteiger partial charge in [0.15, 0.2) is 0 Å². The van der Waals surface area contributed by atoms with Crippen molar-refractivity contribution in [3.63, 3.8) is 0 Å². The van der Waals surface area contributed by atoms with Crippen LogP contribution < -0.4 is 0 Å². The number of hydrogen-bond donors (Lipinski definition) is 1. The van der Waals surface area contributed by atoms with Crippen LogP contribution in [0.1, 0.15) is 33.1 Å². The first-order chi connectivity index (χ1) is 7.13. The van der Waals surface area contributed by atoms with Crippen molar-refractivity contribution < 1.29 is 19.4 Å². The molecule has 0 aliphatic carbocycles. The Morgan fingerprint density at radius 2 is 1.80 bits per heavy atom. The van der Waals surface area contributed by atoms with Crippen LogP contribution >= 0.6 is 0 Å². The number of aliphatic carboxylic acids is 1. The Balaban J connectivity index is 2.96. The maximum Gasteiger partial charge on any atom is 0.303 e. The Labute approximate surface area is 91.6 Å². The van der Waals surface area contributed by atoms with E-state index in [0.29, 0.717) is 32.2 Å². The molecule has 0 radical (unpaired) electrons. The van der Waals surface area contributed by atoms with Crippen molar-refractivity contribution in [2.75, 3.05) is 26.4 Å². The third-order valence-electron chi connectivity index (χ3n) is 1.75. The molecule has 0 unspecified atom stereocenters. The second-order valence-electron chi connectivity index (χ2n) is 3.93. The summed E-state index contributed by atoms with van der Waals surface area (Å²) >= 11 is 0.